The maximum absolute atomic E-state index is 11.1. The number of phenols is 1. The second kappa shape index (κ2) is 4.13. The van der Waals surface area contributed by atoms with E-state index in [1.165, 1.54) is 12.3 Å². The predicted octanol–water partition coefficient (Wildman–Crippen LogP) is 2.41. The number of aromatic hydroxyl groups is 1. The molecule has 5 nitrogen and oxygen atoms in total. The molecule has 0 atom stereocenters. The van der Waals surface area contributed by atoms with E-state index >= 15 is 0 Å². The Hall–Kier alpha value is -2.82. The highest BCUT2D eigenvalue weighted by Crippen LogP contribution is 2.28. The molecule has 2 aromatic heterocycles. The summed E-state index contributed by atoms with van der Waals surface area (Å²) in [6.07, 6.45) is 3.21. The van der Waals surface area contributed by atoms with Crippen molar-refractivity contribution in [3.63, 3.8) is 0 Å². The Kier molecular flexibility index (Phi) is 2.45. The van der Waals surface area contributed by atoms with Gasteiger partial charge in [-0.1, -0.05) is 12.1 Å². The molecule has 3 rings (SSSR count). The van der Waals surface area contributed by atoms with E-state index in [-0.39, 0.29) is 11.3 Å². The Bertz CT molecular complexity index is 777. The molecule has 0 spiro atoms. The fraction of sp³-hybridized carbons (Fsp3) is 0. The first-order valence-corrected chi connectivity index (χ1v) is 5.66. The Labute approximate surface area is 108 Å². The van der Waals surface area contributed by atoms with Gasteiger partial charge >= 0.3 is 5.97 Å². The van der Waals surface area contributed by atoms with Crippen molar-refractivity contribution < 1.29 is 15.0 Å². The summed E-state index contributed by atoms with van der Waals surface area (Å²) in [7, 11) is 0. The van der Waals surface area contributed by atoms with Gasteiger partial charge in [0.2, 0.25) is 0 Å². The predicted molar refractivity (Wildman–Crippen MR) is 69.3 cm³/mol. The van der Waals surface area contributed by atoms with Crippen LogP contribution in [-0.2, 0) is 0 Å². The van der Waals surface area contributed by atoms with E-state index in [0.717, 1.165) is 0 Å². The molecule has 94 valence electrons. The molecular formula is C14H10N2O3. The quantitative estimate of drug-likeness (QED) is 0.736. The summed E-state index contributed by atoms with van der Waals surface area (Å²) in [6, 6.07) is 9.97. The second-order valence-corrected chi connectivity index (χ2v) is 4.08. The molecule has 0 fully saturated rings. The number of pyridine rings is 1. The molecule has 2 N–H and O–H groups in total. The normalized spacial score (nSPS) is 10.7. The standard InChI is InChI=1S/C14H10N2O3/c17-12-6-2-1-4-10(12)13-15-8-11-9(14(18)19)5-3-7-16(11)13/h1-8,17H,(H,18,19). The van der Waals surface area contributed by atoms with Crippen molar-refractivity contribution >= 4 is 11.5 Å². The van der Waals surface area contributed by atoms with Gasteiger partial charge in [0.05, 0.1) is 22.8 Å². The van der Waals surface area contributed by atoms with Crippen LogP contribution in [0.5, 0.6) is 5.75 Å². The number of fused-ring (bicyclic) bond motifs is 1. The van der Waals surface area contributed by atoms with Gasteiger partial charge in [0.15, 0.2) is 0 Å². The topological polar surface area (TPSA) is 74.8 Å². The lowest BCUT2D eigenvalue weighted by Crippen LogP contribution is -1.99. The minimum Gasteiger partial charge on any atom is -0.507 e. The van der Waals surface area contributed by atoms with Crippen LogP contribution in [0, 0.1) is 0 Å². The first kappa shape index (κ1) is 11.3. The maximum atomic E-state index is 11.1. The van der Waals surface area contributed by atoms with Crippen molar-refractivity contribution in [2.45, 2.75) is 0 Å². The summed E-state index contributed by atoms with van der Waals surface area (Å²) in [5.74, 6) is -0.388. The molecule has 0 radical (unpaired) electrons. The third kappa shape index (κ3) is 1.72. The van der Waals surface area contributed by atoms with E-state index in [1.54, 1.807) is 40.9 Å². The lowest BCUT2D eigenvalue weighted by molar-refractivity contribution is 0.0698. The summed E-state index contributed by atoms with van der Waals surface area (Å²) in [4.78, 5) is 15.3. The van der Waals surface area contributed by atoms with Crippen LogP contribution in [0.1, 0.15) is 10.4 Å². The largest absolute Gasteiger partial charge is 0.507 e. The smallest absolute Gasteiger partial charge is 0.337 e. The molecule has 0 unspecified atom stereocenters. The number of phenolic OH excluding ortho intramolecular Hbond substituents is 1. The number of para-hydroxylation sites is 1. The van der Waals surface area contributed by atoms with Crippen molar-refractivity contribution in [1.29, 1.82) is 0 Å². The zero-order valence-corrected chi connectivity index (χ0v) is 9.82. The number of aromatic carboxylic acids is 1. The molecule has 5 heteroatoms. The number of hydrogen-bond donors (Lipinski definition) is 2. The van der Waals surface area contributed by atoms with Crippen LogP contribution in [0.3, 0.4) is 0 Å². The van der Waals surface area contributed by atoms with Gasteiger partial charge in [0.25, 0.3) is 0 Å². The zero-order chi connectivity index (χ0) is 13.4. The van der Waals surface area contributed by atoms with E-state index in [0.29, 0.717) is 16.9 Å². The van der Waals surface area contributed by atoms with E-state index in [9.17, 15) is 9.90 Å². The Balaban J connectivity index is 2.31. The van der Waals surface area contributed by atoms with Crippen molar-refractivity contribution in [1.82, 2.24) is 9.38 Å². The lowest BCUT2D eigenvalue weighted by atomic mass is 10.2. The molecule has 0 saturated heterocycles. The highest BCUT2D eigenvalue weighted by atomic mass is 16.4. The number of carboxylic acids is 1. The third-order valence-corrected chi connectivity index (χ3v) is 2.95. The number of carbonyl (C=O) groups is 1. The summed E-state index contributed by atoms with van der Waals surface area (Å²) in [5.41, 5.74) is 1.23. The van der Waals surface area contributed by atoms with Crippen LogP contribution in [0.25, 0.3) is 16.9 Å². The van der Waals surface area contributed by atoms with Gasteiger partial charge in [-0.25, -0.2) is 9.78 Å². The van der Waals surface area contributed by atoms with Gasteiger partial charge in [-0.15, -0.1) is 0 Å². The number of aromatic nitrogens is 2. The molecular weight excluding hydrogens is 244 g/mol. The maximum Gasteiger partial charge on any atom is 0.337 e. The monoisotopic (exact) mass is 254 g/mol. The molecule has 0 saturated carbocycles. The highest BCUT2D eigenvalue weighted by molar-refractivity contribution is 5.95. The average Bonchev–Trinajstić information content (AvgIpc) is 2.82. The van der Waals surface area contributed by atoms with Gasteiger partial charge in [-0.05, 0) is 24.3 Å². The SMILES string of the molecule is O=C(O)c1cccn2c(-c3ccccc3O)ncc12. The highest BCUT2D eigenvalue weighted by Gasteiger charge is 2.14. The second-order valence-electron chi connectivity index (χ2n) is 4.08. The van der Waals surface area contributed by atoms with Gasteiger partial charge in [0, 0.05) is 6.20 Å². The summed E-state index contributed by atoms with van der Waals surface area (Å²) in [6.45, 7) is 0. The molecule has 0 amide bonds. The Morgan fingerprint density at radius 2 is 1.95 bits per heavy atom. The van der Waals surface area contributed by atoms with E-state index in [4.69, 9.17) is 5.11 Å². The number of benzene rings is 1. The van der Waals surface area contributed by atoms with Gasteiger partial charge in [-0.2, -0.15) is 0 Å². The van der Waals surface area contributed by atoms with Crippen molar-refractivity contribution in [3.05, 3.63) is 54.4 Å². The molecule has 0 bridgehead atoms. The lowest BCUT2D eigenvalue weighted by Gasteiger charge is -2.04. The number of rotatable bonds is 2. The number of carboxylic acid groups (broad SMARTS) is 1. The van der Waals surface area contributed by atoms with Crippen LogP contribution < -0.4 is 0 Å². The molecule has 2 heterocycles. The minimum absolute atomic E-state index is 0.107. The first-order chi connectivity index (χ1) is 9.18. The minimum atomic E-state index is -1.01. The van der Waals surface area contributed by atoms with E-state index in [2.05, 4.69) is 4.98 Å². The molecule has 0 aliphatic rings. The van der Waals surface area contributed by atoms with Crippen molar-refractivity contribution in [2.75, 3.05) is 0 Å². The van der Waals surface area contributed by atoms with Crippen molar-refractivity contribution in [2.24, 2.45) is 0 Å². The number of hydrogen-bond acceptors (Lipinski definition) is 3. The Morgan fingerprint density at radius 1 is 1.16 bits per heavy atom. The average molecular weight is 254 g/mol. The van der Waals surface area contributed by atoms with Crippen molar-refractivity contribution in [3.8, 4) is 17.1 Å². The van der Waals surface area contributed by atoms with Gasteiger partial charge in [0.1, 0.15) is 11.6 Å². The van der Waals surface area contributed by atoms with Crippen LogP contribution >= 0.6 is 0 Å². The molecule has 3 aromatic rings. The van der Waals surface area contributed by atoms with Crippen LogP contribution in [0.4, 0.5) is 0 Å². The van der Waals surface area contributed by atoms with Crippen LogP contribution in [0.2, 0.25) is 0 Å². The molecule has 0 aliphatic carbocycles. The molecule has 19 heavy (non-hydrogen) atoms. The van der Waals surface area contributed by atoms with Gasteiger partial charge in [-0.3, -0.25) is 4.40 Å². The molecule has 1 aromatic carbocycles. The summed E-state index contributed by atoms with van der Waals surface area (Å²) < 4.78 is 1.65. The fourth-order valence-electron chi connectivity index (χ4n) is 2.06. The number of nitrogens with zero attached hydrogens (tertiary/aromatic N) is 2. The van der Waals surface area contributed by atoms with E-state index < -0.39 is 5.97 Å². The fourth-order valence-corrected chi connectivity index (χ4v) is 2.06. The Morgan fingerprint density at radius 3 is 2.68 bits per heavy atom. The molecule has 0 aliphatic heterocycles. The van der Waals surface area contributed by atoms with Crippen LogP contribution in [0.15, 0.2) is 48.8 Å². The first-order valence-electron chi connectivity index (χ1n) is 5.66. The van der Waals surface area contributed by atoms with E-state index in [1.807, 2.05) is 0 Å². The summed E-state index contributed by atoms with van der Waals surface area (Å²) in [5, 5.41) is 19.0. The number of imidazole rings is 1. The van der Waals surface area contributed by atoms with Gasteiger partial charge < -0.3 is 10.2 Å². The van der Waals surface area contributed by atoms with Crippen LogP contribution in [-0.4, -0.2) is 25.6 Å². The summed E-state index contributed by atoms with van der Waals surface area (Å²) >= 11 is 0. The third-order valence-electron chi connectivity index (χ3n) is 2.95. The zero-order valence-electron chi connectivity index (χ0n) is 9.82.